The van der Waals surface area contributed by atoms with Crippen LogP contribution in [0.4, 0.5) is 5.69 Å². The highest BCUT2D eigenvalue weighted by atomic mass is 16.5. The standard InChI is InChI=1S/C14H20N2O/c1-17-14-5-3-11(7-13(14)15)9-16-8-10-2-4-12(16)6-10/h3,5,7,10,12H,2,4,6,8-9,15H2,1H3. The molecule has 1 aromatic carbocycles. The number of piperidine rings is 1. The number of methoxy groups -OCH3 is 1. The fraction of sp³-hybridized carbons (Fsp3) is 0.571. The number of hydrogen-bond donors (Lipinski definition) is 1. The zero-order valence-corrected chi connectivity index (χ0v) is 10.4. The summed E-state index contributed by atoms with van der Waals surface area (Å²) in [4.78, 5) is 2.61. The van der Waals surface area contributed by atoms with Crippen molar-refractivity contribution in [2.24, 2.45) is 5.92 Å². The van der Waals surface area contributed by atoms with Crippen molar-refractivity contribution in [3.63, 3.8) is 0 Å². The molecule has 1 saturated heterocycles. The summed E-state index contributed by atoms with van der Waals surface area (Å²) >= 11 is 0. The van der Waals surface area contributed by atoms with Gasteiger partial charge in [0.2, 0.25) is 0 Å². The second-order valence-electron chi connectivity index (χ2n) is 5.34. The van der Waals surface area contributed by atoms with Crippen molar-refractivity contribution in [3.05, 3.63) is 23.8 Å². The molecule has 1 saturated carbocycles. The van der Waals surface area contributed by atoms with Gasteiger partial charge in [-0.25, -0.2) is 0 Å². The average molecular weight is 232 g/mol. The van der Waals surface area contributed by atoms with Gasteiger partial charge in [0.05, 0.1) is 12.8 Å². The summed E-state index contributed by atoms with van der Waals surface area (Å²) in [6, 6.07) is 6.97. The average Bonchev–Trinajstić information content (AvgIpc) is 2.91. The van der Waals surface area contributed by atoms with Crippen LogP contribution in [0.1, 0.15) is 24.8 Å². The van der Waals surface area contributed by atoms with Crippen molar-refractivity contribution in [1.82, 2.24) is 4.90 Å². The van der Waals surface area contributed by atoms with E-state index in [0.717, 1.165) is 29.9 Å². The van der Waals surface area contributed by atoms with Crippen LogP contribution in [0.15, 0.2) is 18.2 Å². The molecule has 2 aliphatic rings. The largest absolute Gasteiger partial charge is 0.495 e. The lowest BCUT2D eigenvalue weighted by Gasteiger charge is -2.26. The van der Waals surface area contributed by atoms with E-state index in [1.165, 1.54) is 31.4 Å². The van der Waals surface area contributed by atoms with Crippen molar-refractivity contribution in [3.8, 4) is 5.75 Å². The second kappa shape index (κ2) is 4.22. The summed E-state index contributed by atoms with van der Waals surface area (Å²) in [5.74, 6) is 1.73. The third-order valence-corrected chi connectivity index (χ3v) is 4.20. The van der Waals surface area contributed by atoms with Gasteiger partial charge in [-0.05, 0) is 42.9 Å². The summed E-state index contributed by atoms with van der Waals surface area (Å²) in [7, 11) is 1.66. The molecule has 2 fully saturated rings. The summed E-state index contributed by atoms with van der Waals surface area (Å²) in [5, 5.41) is 0. The number of nitrogen functional groups attached to an aromatic ring is 1. The van der Waals surface area contributed by atoms with Crippen molar-refractivity contribution < 1.29 is 4.74 Å². The van der Waals surface area contributed by atoms with E-state index in [1.807, 2.05) is 12.1 Å². The number of anilines is 1. The van der Waals surface area contributed by atoms with Gasteiger partial charge in [-0.1, -0.05) is 6.07 Å². The fourth-order valence-corrected chi connectivity index (χ4v) is 3.34. The molecule has 2 bridgehead atoms. The topological polar surface area (TPSA) is 38.5 Å². The molecule has 2 atom stereocenters. The zero-order valence-electron chi connectivity index (χ0n) is 10.4. The molecule has 0 spiro atoms. The third-order valence-electron chi connectivity index (χ3n) is 4.20. The number of ether oxygens (including phenoxy) is 1. The Labute approximate surface area is 103 Å². The van der Waals surface area contributed by atoms with Crippen LogP contribution in [0.5, 0.6) is 5.75 Å². The molecule has 3 nitrogen and oxygen atoms in total. The maximum absolute atomic E-state index is 5.94. The minimum absolute atomic E-state index is 0.745. The molecule has 1 aliphatic carbocycles. The van der Waals surface area contributed by atoms with E-state index in [0.29, 0.717) is 0 Å². The van der Waals surface area contributed by atoms with E-state index in [2.05, 4.69) is 11.0 Å². The van der Waals surface area contributed by atoms with E-state index in [4.69, 9.17) is 10.5 Å². The minimum Gasteiger partial charge on any atom is -0.495 e. The van der Waals surface area contributed by atoms with Crippen molar-refractivity contribution >= 4 is 5.69 Å². The summed E-state index contributed by atoms with van der Waals surface area (Å²) < 4.78 is 5.18. The van der Waals surface area contributed by atoms with E-state index in [9.17, 15) is 0 Å². The maximum Gasteiger partial charge on any atom is 0.141 e. The smallest absolute Gasteiger partial charge is 0.141 e. The Hall–Kier alpha value is -1.22. The van der Waals surface area contributed by atoms with E-state index in [-0.39, 0.29) is 0 Å². The maximum atomic E-state index is 5.94. The number of nitrogens with zero attached hydrogens (tertiary/aromatic N) is 1. The summed E-state index contributed by atoms with van der Waals surface area (Å²) in [6.07, 6.45) is 4.23. The van der Waals surface area contributed by atoms with E-state index < -0.39 is 0 Å². The fourth-order valence-electron chi connectivity index (χ4n) is 3.34. The highest BCUT2D eigenvalue weighted by Crippen LogP contribution is 2.38. The molecule has 0 aromatic heterocycles. The molecule has 92 valence electrons. The molecule has 0 amide bonds. The Morgan fingerprint density at radius 3 is 2.88 bits per heavy atom. The molecule has 0 radical (unpaired) electrons. The number of fused-ring (bicyclic) bond motifs is 2. The lowest BCUT2D eigenvalue weighted by molar-refractivity contribution is 0.205. The Morgan fingerprint density at radius 2 is 2.29 bits per heavy atom. The van der Waals surface area contributed by atoms with Gasteiger partial charge in [0.1, 0.15) is 5.75 Å². The molecular weight excluding hydrogens is 212 g/mol. The van der Waals surface area contributed by atoms with Gasteiger partial charge >= 0.3 is 0 Å². The molecule has 1 aromatic rings. The van der Waals surface area contributed by atoms with Gasteiger partial charge in [-0.2, -0.15) is 0 Å². The van der Waals surface area contributed by atoms with Crippen molar-refractivity contribution in [2.75, 3.05) is 19.4 Å². The minimum atomic E-state index is 0.745. The molecule has 3 rings (SSSR count). The molecule has 2 unspecified atom stereocenters. The van der Waals surface area contributed by atoms with Gasteiger partial charge in [0.15, 0.2) is 0 Å². The molecule has 1 aliphatic heterocycles. The number of hydrogen-bond acceptors (Lipinski definition) is 3. The van der Waals surface area contributed by atoms with Gasteiger partial charge in [0.25, 0.3) is 0 Å². The number of benzene rings is 1. The Balaban J connectivity index is 1.71. The van der Waals surface area contributed by atoms with Gasteiger partial charge in [0, 0.05) is 19.1 Å². The number of nitrogens with two attached hydrogens (primary N) is 1. The van der Waals surface area contributed by atoms with E-state index >= 15 is 0 Å². The number of likely N-dealkylation sites (tertiary alicyclic amines) is 1. The predicted molar refractivity (Wildman–Crippen MR) is 68.9 cm³/mol. The van der Waals surface area contributed by atoms with Gasteiger partial charge in [-0.15, -0.1) is 0 Å². The van der Waals surface area contributed by atoms with Crippen molar-refractivity contribution in [1.29, 1.82) is 0 Å². The van der Waals surface area contributed by atoms with Crippen LogP contribution in [0, 0.1) is 5.92 Å². The van der Waals surface area contributed by atoms with Crippen LogP contribution in [-0.2, 0) is 6.54 Å². The van der Waals surface area contributed by atoms with E-state index in [1.54, 1.807) is 7.11 Å². The third kappa shape index (κ3) is 2.00. The first-order valence-corrected chi connectivity index (χ1v) is 6.42. The van der Waals surface area contributed by atoms with Gasteiger partial charge < -0.3 is 10.5 Å². The lowest BCUT2D eigenvalue weighted by atomic mass is 10.1. The van der Waals surface area contributed by atoms with Crippen LogP contribution >= 0.6 is 0 Å². The first-order chi connectivity index (χ1) is 8.26. The quantitative estimate of drug-likeness (QED) is 0.812. The zero-order chi connectivity index (χ0) is 11.8. The van der Waals surface area contributed by atoms with Crippen LogP contribution in [0.3, 0.4) is 0 Å². The Bertz CT molecular complexity index is 419. The second-order valence-corrected chi connectivity index (χ2v) is 5.34. The highest BCUT2D eigenvalue weighted by molar-refractivity contribution is 5.54. The first kappa shape index (κ1) is 10.9. The van der Waals surface area contributed by atoms with Gasteiger partial charge in [-0.3, -0.25) is 4.90 Å². The monoisotopic (exact) mass is 232 g/mol. The molecule has 2 N–H and O–H groups in total. The van der Waals surface area contributed by atoms with Crippen LogP contribution in [0.2, 0.25) is 0 Å². The molecule has 17 heavy (non-hydrogen) atoms. The van der Waals surface area contributed by atoms with Crippen molar-refractivity contribution in [2.45, 2.75) is 31.8 Å². The summed E-state index contributed by atoms with van der Waals surface area (Å²) in [6.45, 7) is 2.31. The lowest BCUT2D eigenvalue weighted by Crippen LogP contribution is -2.31. The van der Waals surface area contributed by atoms with Crippen LogP contribution in [0.25, 0.3) is 0 Å². The van der Waals surface area contributed by atoms with Crippen LogP contribution < -0.4 is 10.5 Å². The molecule has 1 heterocycles. The Morgan fingerprint density at radius 1 is 1.41 bits per heavy atom. The molecule has 3 heteroatoms. The predicted octanol–water partition coefficient (Wildman–Crippen LogP) is 2.26. The first-order valence-electron chi connectivity index (χ1n) is 6.42. The Kier molecular flexibility index (Phi) is 2.71. The summed E-state index contributed by atoms with van der Waals surface area (Å²) in [5.41, 5.74) is 7.99. The SMILES string of the molecule is COc1ccc(CN2CC3CCC2C3)cc1N. The molecular formula is C14H20N2O. The van der Waals surface area contributed by atoms with Crippen LogP contribution in [-0.4, -0.2) is 24.6 Å². The number of rotatable bonds is 3. The normalized spacial score (nSPS) is 27.6. The highest BCUT2D eigenvalue weighted by Gasteiger charge is 2.37.